The van der Waals surface area contributed by atoms with Crippen molar-refractivity contribution in [1.29, 1.82) is 0 Å². The van der Waals surface area contributed by atoms with Gasteiger partial charge >= 0.3 is 0 Å². The van der Waals surface area contributed by atoms with Gasteiger partial charge in [-0.1, -0.05) is 0 Å². The molecule has 5 heteroatoms. The summed E-state index contributed by atoms with van der Waals surface area (Å²) in [6.45, 7) is 0.714. The molecule has 0 spiro atoms. The van der Waals surface area contributed by atoms with Crippen molar-refractivity contribution in [2.75, 3.05) is 11.4 Å². The topological polar surface area (TPSA) is 76.3 Å². The maximum absolute atomic E-state index is 11.0. The molecule has 2 heterocycles. The molecule has 0 saturated carbocycles. The number of rotatable bonds is 3. The minimum atomic E-state index is -0.372. The van der Waals surface area contributed by atoms with Crippen molar-refractivity contribution in [3.63, 3.8) is 0 Å². The molecule has 2 N–H and O–H groups in total. The molecule has 1 fully saturated rings. The van der Waals surface area contributed by atoms with E-state index < -0.39 is 0 Å². The normalized spacial score (nSPS) is 19.5. The predicted molar refractivity (Wildman–Crippen MR) is 54.6 cm³/mol. The molecule has 1 aliphatic heterocycles. The fraction of sp³-hybridized carbons (Fsp3) is 0.300. The number of carbonyl (C=O) groups excluding carboxylic acids is 2. The third kappa shape index (κ3) is 1.56. The van der Waals surface area contributed by atoms with E-state index >= 15 is 0 Å². The molecule has 1 amide bonds. The third-order valence-electron chi connectivity index (χ3n) is 2.56. The highest BCUT2D eigenvalue weighted by Gasteiger charge is 2.34. The van der Waals surface area contributed by atoms with Gasteiger partial charge in [0.2, 0.25) is 5.91 Å². The van der Waals surface area contributed by atoms with Gasteiger partial charge in [-0.15, -0.1) is 0 Å². The van der Waals surface area contributed by atoms with Gasteiger partial charge in [0.25, 0.3) is 0 Å². The molecule has 1 aromatic rings. The second-order valence-corrected chi connectivity index (χ2v) is 3.43. The summed E-state index contributed by atoms with van der Waals surface area (Å²) < 4.78 is 0. The van der Waals surface area contributed by atoms with E-state index in [4.69, 9.17) is 5.73 Å². The number of hydrogen-bond acceptors (Lipinski definition) is 4. The second-order valence-electron chi connectivity index (χ2n) is 3.43. The molecule has 1 unspecified atom stereocenters. The van der Waals surface area contributed by atoms with Crippen LogP contribution >= 0.6 is 0 Å². The number of carbonyl (C=O) groups is 2. The fourth-order valence-electron chi connectivity index (χ4n) is 1.68. The Morgan fingerprint density at radius 2 is 2.47 bits per heavy atom. The number of nitrogens with zero attached hydrogens (tertiary/aromatic N) is 2. The Kier molecular flexibility index (Phi) is 2.37. The Bertz CT molecular complexity index is 405. The summed E-state index contributed by atoms with van der Waals surface area (Å²) in [6, 6.07) is 3.04. The maximum atomic E-state index is 11.0. The minimum Gasteiger partial charge on any atom is -0.368 e. The molecule has 1 atom stereocenters. The number of primary amides is 1. The van der Waals surface area contributed by atoms with Crippen molar-refractivity contribution in [2.45, 2.75) is 12.5 Å². The fourth-order valence-corrected chi connectivity index (χ4v) is 1.68. The number of aromatic nitrogens is 1. The number of hydrogen-bond donors (Lipinski definition) is 1. The molecule has 2 rings (SSSR count). The lowest BCUT2D eigenvalue weighted by Crippen LogP contribution is -2.55. The smallest absolute Gasteiger partial charge is 0.240 e. The summed E-state index contributed by atoms with van der Waals surface area (Å²) in [5.41, 5.74) is 5.71. The lowest BCUT2D eigenvalue weighted by Gasteiger charge is -2.40. The summed E-state index contributed by atoms with van der Waals surface area (Å²) in [4.78, 5) is 27.6. The number of amides is 1. The van der Waals surface area contributed by atoms with Crippen LogP contribution in [0.15, 0.2) is 18.3 Å². The van der Waals surface area contributed by atoms with Crippen LogP contribution in [0.1, 0.15) is 16.8 Å². The first-order valence-electron chi connectivity index (χ1n) is 4.70. The second kappa shape index (κ2) is 3.68. The lowest BCUT2D eigenvalue weighted by molar-refractivity contribution is -0.120. The molecule has 0 aliphatic carbocycles. The summed E-state index contributed by atoms with van der Waals surface area (Å²) in [5, 5.41) is 0. The van der Waals surface area contributed by atoms with Crippen molar-refractivity contribution in [2.24, 2.45) is 5.73 Å². The van der Waals surface area contributed by atoms with E-state index in [1.807, 2.05) is 0 Å². The molecular formula is C10H11N3O2. The highest BCUT2D eigenvalue weighted by atomic mass is 16.1. The Morgan fingerprint density at radius 1 is 1.67 bits per heavy atom. The third-order valence-corrected chi connectivity index (χ3v) is 2.56. The predicted octanol–water partition coefficient (Wildman–Crippen LogP) is -0.0419. The molecule has 1 aromatic heterocycles. The van der Waals surface area contributed by atoms with Gasteiger partial charge in [0, 0.05) is 12.7 Å². The Balaban J connectivity index is 2.30. The zero-order valence-corrected chi connectivity index (χ0v) is 8.09. The van der Waals surface area contributed by atoms with Gasteiger partial charge in [0.1, 0.15) is 11.9 Å². The van der Waals surface area contributed by atoms with Gasteiger partial charge < -0.3 is 10.6 Å². The molecule has 0 radical (unpaired) electrons. The van der Waals surface area contributed by atoms with Crippen LogP contribution in [0.2, 0.25) is 0 Å². The van der Waals surface area contributed by atoms with Crippen molar-refractivity contribution < 1.29 is 9.59 Å². The van der Waals surface area contributed by atoms with Crippen LogP contribution in [-0.2, 0) is 4.79 Å². The molecular weight excluding hydrogens is 194 g/mol. The standard InChI is InChI=1S/C10H11N3O2/c11-9(15)8-3-5-13(8)10-7(6-14)2-1-4-12-10/h1-2,4,6,8H,3,5H2,(H2,11,15). The van der Waals surface area contributed by atoms with E-state index in [1.165, 1.54) is 0 Å². The van der Waals surface area contributed by atoms with Crippen molar-refractivity contribution in [1.82, 2.24) is 4.98 Å². The first-order valence-corrected chi connectivity index (χ1v) is 4.70. The Labute approximate surface area is 86.9 Å². The van der Waals surface area contributed by atoms with Crippen LogP contribution in [0, 0.1) is 0 Å². The van der Waals surface area contributed by atoms with E-state index in [1.54, 1.807) is 23.2 Å². The highest BCUT2D eigenvalue weighted by molar-refractivity contribution is 5.89. The van der Waals surface area contributed by atoms with Crippen LogP contribution in [0.25, 0.3) is 0 Å². The summed E-state index contributed by atoms with van der Waals surface area (Å²) >= 11 is 0. The van der Waals surface area contributed by atoms with Crippen molar-refractivity contribution in [3.8, 4) is 0 Å². The molecule has 0 bridgehead atoms. The monoisotopic (exact) mass is 205 g/mol. The van der Waals surface area contributed by atoms with Crippen molar-refractivity contribution >= 4 is 18.0 Å². The Hall–Kier alpha value is -1.91. The van der Waals surface area contributed by atoms with E-state index in [2.05, 4.69) is 4.98 Å². The first kappa shape index (κ1) is 9.64. The van der Waals surface area contributed by atoms with Gasteiger partial charge in [0.15, 0.2) is 6.29 Å². The number of nitrogens with two attached hydrogens (primary N) is 1. The minimum absolute atomic E-state index is 0.321. The van der Waals surface area contributed by atoms with Crippen LogP contribution in [0.4, 0.5) is 5.82 Å². The van der Waals surface area contributed by atoms with Crippen LogP contribution in [-0.4, -0.2) is 29.8 Å². The van der Waals surface area contributed by atoms with E-state index in [0.717, 1.165) is 12.7 Å². The SMILES string of the molecule is NC(=O)C1CCN1c1ncccc1C=O. The average Bonchev–Trinajstić information content (AvgIpc) is 2.16. The molecule has 1 aliphatic rings. The highest BCUT2D eigenvalue weighted by Crippen LogP contribution is 2.26. The van der Waals surface area contributed by atoms with Crippen molar-refractivity contribution in [3.05, 3.63) is 23.9 Å². The number of anilines is 1. The quantitative estimate of drug-likeness (QED) is 0.702. The van der Waals surface area contributed by atoms with E-state index in [-0.39, 0.29) is 11.9 Å². The first-order chi connectivity index (χ1) is 7.24. The van der Waals surface area contributed by atoms with Gasteiger partial charge in [-0.2, -0.15) is 0 Å². The summed E-state index contributed by atoms with van der Waals surface area (Å²) in [5.74, 6) is 0.173. The van der Waals surface area contributed by atoms with Gasteiger partial charge in [-0.25, -0.2) is 4.98 Å². The van der Waals surface area contributed by atoms with Gasteiger partial charge in [-0.05, 0) is 18.6 Å². The largest absolute Gasteiger partial charge is 0.368 e. The van der Waals surface area contributed by atoms with Crippen LogP contribution in [0.3, 0.4) is 0 Å². The zero-order valence-electron chi connectivity index (χ0n) is 8.09. The van der Waals surface area contributed by atoms with Gasteiger partial charge in [0.05, 0.1) is 5.56 Å². The lowest BCUT2D eigenvalue weighted by atomic mass is 10.0. The van der Waals surface area contributed by atoms with Crippen LogP contribution < -0.4 is 10.6 Å². The molecule has 78 valence electrons. The molecule has 1 saturated heterocycles. The zero-order chi connectivity index (χ0) is 10.8. The average molecular weight is 205 g/mol. The number of pyridine rings is 1. The summed E-state index contributed by atoms with van der Waals surface area (Å²) in [7, 11) is 0. The van der Waals surface area contributed by atoms with Gasteiger partial charge in [-0.3, -0.25) is 9.59 Å². The number of aldehydes is 1. The Morgan fingerprint density at radius 3 is 3.00 bits per heavy atom. The van der Waals surface area contributed by atoms with Crippen LogP contribution in [0.5, 0.6) is 0 Å². The molecule has 0 aromatic carbocycles. The summed E-state index contributed by atoms with van der Waals surface area (Å²) in [6.07, 6.45) is 3.06. The van der Waals surface area contributed by atoms with E-state index in [0.29, 0.717) is 17.9 Å². The van der Waals surface area contributed by atoms with E-state index in [9.17, 15) is 9.59 Å². The molecule has 15 heavy (non-hydrogen) atoms. The maximum Gasteiger partial charge on any atom is 0.240 e. The molecule has 5 nitrogen and oxygen atoms in total.